The van der Waals surface area contributed by atoms with Gasteiger partial charge in [-0.15, -0.1) is 0 Å². The van der Waals surface area contributed by atoms with E-state index in [-0.39, 0.29) is 0 Å². The lowest BCUT2D eigenvalue weighted by atomic mass is 9.90. The lowest BCUT2D eigenvalue weighted by molar-refractivity contribution is 0.382. The fourth-order valence-electron chi connectivity index (χ4n) is 3.68. The number of hydrogen-bond donors (Lipinski definition) is 1. The van der Waals surface area contributed by atoms with Crippen molar-refractivity contribution in [2.45, 2.75) is 42.9 Å². The second-order valence-corrected chi connectivity index (χ2v) is 7.58. The fraction of sp³-hybridized carbons (Fsp3) is 0.625. The molecule has 98 valence electrons. The highest BCUT2D eigenvalue weighted by atomic mass is 32.2. The Hall–Kier alpha value is -0.470. The van der Waals surface area contributed by atoms with Crippen LogP contribution in [0.5, 0.6) is 0 Å². The van der Waals surface area contributed by atoms with Crippen molar-refractivity contribution in [2.75, 3.05) is 12.8 Å². The standard InChI is InChI=1S/C16H23NS/c1-16(9-6-10-18-16)15(17-2)14-11-13(14)12-7-4-3-5-8-12/h3-5,7-8,13-15,17H,6,9-11H2,1-2H3. The zero-order chi connectivity index (χ0) is 12.6. The van der Waals surface area contributed by atoms with Gasteiger partial charge in [-0.2, -0.15) is 11.8 Å². The highest BCUT2D eigenvalue weighted by molar-refractivity contribution is 8.00. The molecule has 0 aromatic heterocycles. The monoisotopic (exact) mass is 261 g/mol. The Morgan fingerprint density at radius 1 is 1.33 bits per heavy atom. The highest BCUT2D eigenvalue weighted by Crippen LogP contribution is 2.55. The maximum absolute atomic E-state index is 3.63. The van der Waals surface area contributed by atoms with Crippen molar-refractivity contribution in [3.05, 3.63) is 35.9 Å². The van der Waals surface area contributed by atoms with Crippen LogP contribution in [0.2, 0.25) is 0 Å². The van der Waals surface area contributed by atoms with E-state index in [0.29, 0.717) is 10.8 Å². The summed E-state index contributed by atoms with van der Waals surface area (Å²) < 4.78 is 0.461. The van der Waals surface area contributed by atoms with Crippen molar-refractivity contribution in [1.82, 2.24) is 5.32 Å². The van der Waals surface area contributed by atoms with Crippen LogP contribution in [0.25, 0.3) is 0 Å². The summed E-state index contributed by atoms with van der Waals surface area (Å²) in [5.41, 5.74) is 1.54. The molecule has 0 radical (unpaired) electrons. The van der Waals surface area contributed by atoms with E-state index in [2.05, 4.69) is 61.4 Å². The lowest BCUT2D eigenvalue weighted by Gasteiger charge is -2.33. The van der Waals surface area contributed by atoms with Crippen LogP contribution < -0.4 is 5.32 Å². The molecule has 1 aromatic carbocycles. The van der Waals surface area contributed by atoms with Gasteiger partial charge in [-0.3, -0.25) is 0 Å². The van der Waals surface area contributed by atoms with E-state index in [0.717, 1.165) is 11.8 Å². The topological polar surface area (TPSA) is 12.0 Å². The van der Waals surface area contributed by atoms with Crippen LogP contribution in [0.3, 0.4) is 0 Å². The first kappa shape index (κ1) is 12.6. The molecule has 2 heteroatoms. The van der Waals surface area contributed by atoms with Crippen molar-refractivity contribution in [2.24, 2.45) is 5.92 Å². The van der Waals surface area contributed by atoms with Gasteiger partial charge in [0.25, 0.3) is 0 Å². The summed E-state index contributed by atoms with van der Waals surface area (Å²) in [4.78, 5) is 0. The molecule has 4 atom stereocenters. The van der Waals surface area contributed by atoms with Gasteiger partial charge in [-0.05, 0) is 56.4 Å². The molecular weight excluding hydrogens is 238 g/mol. The minimum absolute atomic E-state index is 0.461. The summed E-state index contributed by atoms with van der Waals surface area (Å²) >= 11 is 2.18. The van der Waals surface area contributed by atoms with Crippen LogP contribution in [0.15, 0.2) is 30.3 Å². The number of nitrogens with one attached hydrogen (secondary N) is 1. The third kappa shape index (κ3) is 2.21. The molecule has 18 heavy (non-hydrogen) atoms. The van der Waals surface area contributed by atoms with Crippen LogP contribution >= 0.6 is 11.8 Å². The Kier molecular flexibility index (Phi) is 3.42. The summed E-state index contributed by atoms with van der Waals surface area (Å²) in [6.45, 7) is 2.46. The van der Waals surface area contributed by atoms with Gasteiger partial charge in [-0.25, -0.2) is 0 Å². The molecule has 1 N–H and O–H groups in total. The van der Waals surface area contributed by atoms with Gasteiger partial charge >= 0.3 is 0 Å². The number of thioether (sulfide) groups is 1. The van der Waals surface area contributed by atoms with Gasteiger partial charge in [0.05, 0.1) is 0 Å². The molecule has 1 saturated carbocycles. The zero-order valence-electron chi connectivity index (χ0n) is 11.4. The summed E-state index contributed by atoms with van der Waals surface area (Å²) in [6.07, 6.45) is 4.13. The SMILES string of the molecule is CNC(C1CC1c1ccccc1)C1(C)CCCS1. The summed E-state index contributed by atoms with van der Waals surface area (Å²) in [7, 11) is 2.15. The average molecular weight is 261 g/mol. The van der Waals surface area contributed by atoms with Crippen molar-refractivity contribution < 1.29 is 0 Å². The summed E-state index contributed by atoms with van der Waals surface area (Å²) in [6, 6.07) is 11.7. The second-order valence-electron chi connectivity index (χ2n) is 5.95. The van der Waals surface area contributed by atoms with Crippen LogP contribution in [-0.2, 0) is 0 Å². The van der Waals surface area contributed by atoms with Gasteiger partial charge < -0.3 is 5.32 Å². The van der Waals surface area contributed by atoms with E-state index in [1.54, 1.807) is 0 Å². The fourth-order valence-corrected chi connectivity index (χ4v) is 5.20. The molecule has 1 aromatic rings. The number of benzene rings is 1. The Morgan fingerprint density at radius 3 is 2.72 bits per heavy atom. The van der Waals surface area contributed by atoms with Crippen LogP contribution in [-0.4, -0.2) is 23.6 Å². The Labute approximate surface area is 115 Å². The molecule has 1 aliphatic heterocycles. The summed E-state index contributed by atoms with van der Waals surface area (Å²) in [5.74, 6) is 2.98. The first-order valence-electron chi connectivity index (χ1n) is 7.11. The van der Waals surface area contributed by atoms with Gasteiger partial charge in [0.15, 0.2) is 0 Å². The molecule has 0 amide bonds. The van der Waals surface area contributed by atoms with Crippen molar-refractivity contribution in [3.63, 3.8) is 0 Å². The summed E-state index contributed by atoms with van der Waals surface area (Å²) in [5, 5.41) is 3.63. The van der Waals surface area contributed by atoms with Crippen LogP contribution in [0, 0.1) is 5.92 Å². The normalized spacial score (nSPS) is 36.6. The maximum atomic E-state index is 3.63. The molecular formula is C16H23NS. The maximum Gasteiger partial charge on any atom is 0.0288 e. The van der Waals surface area contributed by atoms with Gasteiger partial charge in [-0.1, -0.05) is 30.3 Å². The van der Waals surface area contributed by atoms with Crippen LogP contribution in [0.4, 0.5) is 0 Å². The van der Waals surface area contributed by atoms with E-state index < -0.39 is 0 Å². The molecule has 1 heterocycles. The van der Waals surface area contributed by atoms with Gasteiger partial charge in [0.1, 0.15) is 0 Å². The van der Waals surface area contributed by atoms with Crippen molar-refractivity contribution in [1.29, 1.82) is 0 Å². The Bertz CT molecular complexity index is 397. The predicted octanol–water partition coefficient (Wildman–Crippen LogP) is 3.66. The third-order valence-corrected chi connectivity index (χ3v) is 6.32. The number of hydrogen-bond acceptors (Lipinski definition) is 2. The first-order chi connectivity index (χ1) is 8.74. The van der Waals surface area contributed by atoms with Crippen molar-refractivity contribution >= 4 is 11.8 Å². The lowest BCUT2D eigenvalue weighted by Crippen LogP contribution is -2.45. The van der Waals surface area contributed by atoms with E-state index in [4.69, 9.17) is 0 Å². The minimum atomic E-state index is 0.461. The predicted molar refractivity (Wildman–Crippen MR) is 80.2 cm³/mol. The van der Waals surface area contributed by atoms with Gasteiger partial charge in [0, 0.05) is 10.8 Å². The quantitative estimate of drug-likeness (QED) is 0.887. The molecule has 2 aliphatic rings. The van der Waals surface area contributed by atoms with E-state index in [1.807, 2.05) is 0 Å². The molecule has 4 unspecified atom stereocenters. The second kappa shape index (κ2) is 4.90. The Morgan fingerprint density at radius 2 is 2.11 bits per heavy atom. The van der Waals surface area contributed by atoms with Gasteiger partial charge in [0.2, 0.25) is 0 Å². The molecule has 0 spiro atoms. The molecule has 1 aliphatic carbocycles. The minimum Gasteiger partial charge on any atom is -0.315 e. The average Bonchev–Trinajstić information content (AvgIpc) is 3.05. The molecule has 0 bridgehead atoms. The third-order valence-electron chi connectivity index (χ3n) is 4.71. The highest BCUT2D eigenvalue weighted by Gasteiger charge is 2.51. The van der Waals surface area contributed by atoms with E-state index >= 15 is 0 Å². The van der Waals surface area contributed by atoms with Crippen LogP contribution in [0.1, 0.15) is 37.7 Å². The smallest absolute Gasteiger partial charge is 0.0288 e. The molecule has 2 fully saturated rings. The largest absolute Gasteiger partial charge is 0.315 e. The van der Waals surface area contributed by atoms with E-state index in [1.165, 1.54) is 30.6 Å². The van der Waals surface area contributed by atoms with E-state index in [9.17, 15) is 0 Å². The van der Waals surface area contributed by atoms with Crippen molar-refractivity contribution in [3.8, 4) is 0 Å². The Balaban J connectivity index is 1.72. The first-order valence-corrected chi connectivity index (χ1v) is 8.09. The number of rotatable bonds is 4. The molecule has 3 rings (SSSR count). The molecule has 1 nitrogen and oxygen atoms in total. The zero-order valence-corrected chi connectivity index (χ0v) is 12.2. The molecule has 1 saturated heterocycles.